The number of nitrogens with zero attached hydrogens (tertiary/aromatic N) is 1. The van der Waals surface area contributed by atoms with E-state index in [0.717, 1.165) is 32.5 Å². The summed E-state index contributed by atoms with van der Waals surface area (Å²) in [6.07, 6.45) is 3.38. The molecule has 1 aliphatic rings. The summed E-state index contributed by atoms with van der Waals surface area (Å²) in [5.74, 6) is 0. The van der Waals surface area contributed by atoms with Gasteiger partial charge in [-0.2, -0.15) is 0 Å². The lowest BCUT2D eigenvalue weighted by molar-refractivity contribution is 0.195. The number of para-hydroxylation sites is 1. The van der Waals surface area contributed by atoms with Crippen molar-refractivity contribution in [1.82, 2.24) is 0 Å². The van der Waals surface area contributed by atoms with Crippen molar-refractivity contribution in [2.45, 2.75) is 25.3 Å². The van der Waals surface area contributed by atoms with Crippen molar-refractivity contribution in [2.75, 3.05) is 31.7 Å². The first kappa shape index (κ1) is 12.4. The lowest BCUT2D eigenvalue weighted by Gasteiger charge is -2.38. The van der Waals surface area contributed by atoms with Crippen LogP contribution in [-0.2, 0) is 11.2 Å². The summed E-state index contributed by atoms with van der Waals surface area (Å²) in [7, 11) is 1.75. The third-order valence-electron chi connectivity index (χ3n) is 3.51. The maximum atomic E-state index is 5.88. The number of benzene rings is 1. The van der Waals surface area contributed by atoms with E-state index in [1.807, 2.05) is 0 Å². The minimum atomic E-state index is 0.488. The summed E-state index contributed by atoms with van der Waals surface area (Å²) in [5.41, 5.74) is 8.70. The van der Waals surface area contributed by atoms with Gasteiger partial charge in [-0.3, -0.25) is 0 Å². The van der Waals surface area contributed by atoms with Crippen LogP contribution in [0.3, 0.4) is 0 Å². The summed E-state index contributed by atoms with van der Waals surface area (Å²) in [5, 5.41) is 0. The van der Waals surface area contributed by atoms with Crippen LogP contribution in [0.5, 0.6) is 0 Å². The molecule has 17 heavy (non-hydrogen) atoms. The van der Waals surface area contributed by atoms with Gasteiger partial charge >= 0.3 is 0 Å². The standard InChI is InChI=1S/C14H22N2O/c1-17-10-4-9-16-13(11-15)8-7-12-5-2-3-6-14(12)16/h2-3,5-6,13H,4,7-11,15H2,1H3. The molecule has 1 atom stereocenters. The maximum Gasteiger partial charge on any atom is 0.0479 e. The predicted molar refractivity (Wildman–Crippen MR) is 71.4 cm³/mol. The van der Waals surface area contributed by atoms with Gasteiger partial charge in [-0.25, -0.2) is 0 Å². The highest BCUT2D eigenvalue weighted by Gasteiger charge is 2.24. The Bertz CT molecular complexity index is 354. The van der Waals surface area contributed by atoms with Gasteiger partial charge in [-0.1, -0.05) is 18.2 Å². The smallest absolute Gasteiger partial charge is 0.0479 e. The van der Waals surface area contributed by atoms with Crippen LogP contribution in [0, 0.1) is 0 Å². The van der Waals surface area contributed by atoms with Crippen molar-refractivity contribution in [1.29, 1.82) is 0 Å². The third kappa shape index (κ3) is 2.79. The molecule has 0 bridgehead atoms. The number of hydrogen-bond acceptors (Lipinski definition) is 3. The molecule has 2 N–H and O–H groups in total. The molecule has 94 valence electrons. The van der Waals surface area contributed by atoms with Gasteiger partial charge in [0.15, 0.2) is 0 Å². The molecule has 1 aromatic carbocycles. The van der Waals surface area contributed by atoms with E-state index in [4.69, 9.17) is 10.5 Å². The average Bonchev–Trinajstić information content (AvgIpc) is 2.39. The molecule has 0 spiro atoms. The third-order valence-corrected chi connectivity index (χ3v) is 3.51. The molecule has 0 aromatic heterocycles. The zero-order valence-electron chi connectivity index (χ0n) is 10.6. The Morgan fingerprint density at radius 2 is 2.24 bits per heavy atom. The summed E-state index contributed by atoms with van der Waals surface area (Å²) in [6.45, 7) is 2.59. The minimum absolute atomic E-state index is 0.488. The topological polar surface area (TPSA) is 38.5 Å². The van der Waals surface area contributed by atoms with E-state index in [-0.39, 0.29) is 0 Å². The Hall–Kier alpha value is -1.06. The second kappa shape index (κ2) is 6.03. The number of methoxy groups -OCH3 is 1. The number of fused-ring (bicyclic) bond motifs is 1. The Morgan fingerprint density at radius 3 is 3.00 bits per heavy atom. The van der Waals surface area contributed by atoms with Crippen molar-refractivity contribution in [3.05, 3.63) is 29.8 Å². The van der Waals surface area contributed by atoms with Gasteiger partial charge in [0.1, 0.15) is 0 Å². The largest absolute Gasteiger partial charge is 0.385 e. The average molecular weight is 234 g/mol. The zero-order chi connectivity index (χ0) is 12.1. The van der Waals surface area contributed by atoms with E-state index in [9.17, 15) is 0 Å². The van der Waals surface area contributed by atoms with Crippen molar-refractivity contribution in [2.24, 2.45) is 5.73 Å². The van der Waals surface area contributed by atoms with Crippen LogP contribution in [0.25, 0.3) is 0 Å². The molecular formula is C14H22N2O. The fourth-order valence-corrected chi connectivity index (χ4v) is 2.60. The second-order valence-corrected chi connectivity index (χ2v) is 4.60. The van der Waals surface area contributed by atoms with Crippen LogP contribution in [0.2, 0.25) is 0 Å². The first-order chi connectivity index (χ1) is 8.36. The molecular weight excluding hydrogens is 212 g/mol. The molecule has 3 nitrogen and oxygen atoms in total. The van der Waals surface area contributed by atoms with E-state index >= 15 is 0 Å². The molecule has 1 heterocycles. The molecule has 0 aliphatic carbocycles. The van der Waals surface area contributed by atoms with E-state index in [0.29, 0.717) is 6.04 Å². The van der Waals surface area contributed by atoms with Crippen LogP contribution < -0.4 is 10.6 Å². The van der Waals surface area contributed by atoms with Crippen LogP contribution in [0.15, 0.2) is 24.3 Å². The SMILES string of the molecule is COCCCN1c2ccccc2CCC1CN. The van der Waals surface area contributed by atoms with Gasteiger partial charge in [0.2, 0.25) is 0 Å². The van der Waals surface area contributed by atoms with Gasteiger partial charge in [0.05, 0.1) is 0 Å². The number of nitrogens with two attached hydrogens (primary N) is 1. The highest BCUT2D eigenvalue weighted by molar-refractivity contribution is 5.56. The molecule has 3 heteroatoms. The number of aryl methyl sites for hydroxylation is 1. The van der Waals surface area contributed by atoms with Crippen LogP contribution in [0.1, 0.15) is 18.4 Å². The summed E-state index contributed by atoms with van der Waals surface area (Å²) in [4.78, 5) is 2.46. The van der Waals surface area contributed by atoms with Crippen molar-refractivity contribution >= 4 is 5.69 Å². The van der Waals surface area contributed by atoms with Crippen LogP contribution >= 0.6 is 0 Å². The van der Waals surface area contributed by atoms with Crippen molar-refractivity contribution in [3.8, 4) is 0 Å². The van der Waals surface area contributed by atoms with Crippen molar-refractivity contribution in [3.63, 3.8) is 0 Å². The van der Waals surface area contributed by atoms with E-state index in [2.05, 4.69) is 29.2 Å². The Kier molecular flexibility index (Phi) is 4.40. The zero-order valence-corrected chi connectivity index (χ0v) is 10.6. The molecule has 0 amide bonds. The maximum absolute atomic E-state index is 5.88. The van der Waals surface area contributed by atoms with Gasteiger partial charge in [0.25, 0.3) is 0 Å². The van der Waals surface area contributed by atoms with E-state index < -0.39 is 0 Å². The minimum Gasteiger partial charge on any atom is -0.385 e. The highest BCUT2D eigenvalue weighted by Crippen LogP contribution is 2.30. The van der Waals surface area contributed by atoms with Crippen molar-refractivity contribution < 1.29 is 4.74 Å². The summed E-state index contributed by atoms with van der Waals surface area (Å²) in [6, 6.07) is 9.16. The molecule has 1 aromatic rings. The normalized spacial score (nSPS) is 19.2. The fraction of sp³-hybridized carbons (Fsp3) is 0.571. The molecule has 2 rings (SSSR count). The van der Waals surface area contributed by atoms with Crippen LogP contribution in [0.4, 0.5) is 5.69 Å². The monoisotopic (exact) mass is 234 g/mol. The number of hydrogen-bond donors (Lipinski definition) is 1. The predicted octanol–water partition coefficient (Wildman–Crippen LogP) is 1.80. The fourth-order valence-electron chi connectivity index (χ4n) is 2.60. The molecule has 0 fully saturated rings. The number of anilines is 1. The molecule has 0 radical (unpaired) electrons. The van der Waals surface area contributed by atoms with Gasteiger partial charge in [0, 0.05) is 38.5 Å². The van der Waals surface area contributed by atoms with Gasteiger partial charge < -0.3 is 15.4 Å². The molecule has 0 saturated carbocycles. The lowest BCUT2D eigenvalue weighted by atomic mass is 9.95. The molecule has 1 unspecified atom stereocenters. The lowest BCUT2D eigenvalue weighted by Crippen LogP contribution is -2.44. The van der Waals surface area contributed by atoms with E-state index in [1.165, 1.54) is 17.7 Å². The Balaban J connectivity index is 2.13. The Morgan fingerprint density at radius 1 is 1.41 bits per heavy atom. The van der Waals surface area contributed by atoms with Gasteiger partial charge in [-0.15, -0.1) is 0 Å². The number of ether oxygens (including phenoxy) is 1. The number of rotatable bonds is 5. The second-order valence-electron chi connectivity index (χ2n) is 4.60. The van der Waals surface area contributed by atoms with Gasteiger partial charge in [-0.05, 0) is 30.9 Å². The highest BCUT2D eigenvalue weighted by atomic mass is 16.5. The summed E-state index contributed by atoms with van der Waals surface area (Å²) < 4.78 is 5.13. The summed E-state index contributed by atoms with van der Waals surface area (Å²) >= 11 is 0. The first-order valence-electron chi connectivity index (χ1n) is 6.40. The molecule has 0 saturated heterocycles. The Labute approximate surface area is 104 Å². The molecule has 1 aliphatic heterocycles. The quantitative estimate of drug-likeness (QED) is 0.790. The van der Waals surface area contributed by atoms with Crippen LogP contribution in [-0.4, -0.2) is 32.8 Å². The van der Waals surface area contributed by atoms with E-state index in [1.54, 1.807) is 7.11 Å². The first-order valence-corrected chi connectivity index (χ1v) is 6.40.